The van der Waals surface area contributed by atoms with Gasteiger partial charge in [-0.1, -0.05) is 30.3 Å². The molecule has 2 aromatic carbocycles. The number of benzene rings is 2. The second-order valence-electron chi connectivity index (χ2n) is 4.76. The molecule has 0 amide bonds. The number of halogens is 2. The topological polar surface area (TPSA) is 20.3 Å². The molecular weight excluding hydrogens is 272 g/mol. The van der Waals surface area contributed by atoms with Crippen molar-refractivity contribution in [3.8, 4) is 0 Å². The molecule has 0 atom stereocenters. The van der Waals surface area contributed by atoms with Crippen molar-refractivity contribution in [2.24, 2.45) is 0 Å². The van der Waals surface area contributed by atoms with Gasteiger partial charge in [-0.25, -0.2) is 4.39 Å². The average Bonchev–Trinajstić information content (AvgIpc) is 2.53. The molecule has 108 valence electrons. The van der Waals surface area contributed by atoms with Gasteiger partial charge in [0, 0.05) is 30.9 Å². The molecule has 0 aliphatic heterocycles. The molecule has 0 heterocycles. The predicted octanol–water partition coefficient (Wildman–Crippen LogP) is 4.24. The van der Waals surface area contributed by atoms with E-state index in [1.165, 1.54) is 24.3 Å². The van der Waals surface area contributed by atoms with E-state index >= 15 is 0 Å². The fraction of sp³-hybridized carbons (Fsp3) is 0.118. The summed E-state index contributed by atoms with van der Waals surface area (Å²) in [5.41, 5.74) is 1.03. The van der Waals surface area contributed by atoms with E-state index in [9.17, 15) is 13.6 Å². The summed E-state index contributed by atoms with van der Waals surface area (Å²) in [5.74, 6) is -3.47. The minimum Gasteiger partial charge on any atom is -0.378 e. The van der Waals surface area contributed by atoms with Crippen LogP contribution in [0.2, 0.25) is 0 Å². The predicted molar refractivity (Wildman–Crippen MR) is 80.7 cm³/mol. The summed E-state index contributed by atoms with van der Waals surface area (Å²) in [4.78, 5) is 13.7. The Morgan fingerprint density at radius 2 is 1.43 bits per heavy atom. The van der Waals surface area contributed by atoms with Crippen LogP contribution in [0.15, 0.2) is 60.4 Å². The Hall–Kier alpha value is -2.49. The smallest absolute Gasteiger partial charge is 0.224 e. The number of anilines is 1. The number of ketones is 1. The Balaban J connectivity index is 2.32. The van der Waals surface area contributed by atoms with Crippen LogP contribution in [0.5, 0.6) is 0 Å². The first-order valence-corrected chi connectivity index (χ1v) is 6.43. The second-order valence-corrected chi connectivity index (χ2v) is 4.76. The Kier molecular flexibility index (Phi) is 4.48. The van der Waals surface area contributed by atoms with Crippen LogP contribution >= 0.6 is 0 Å². The molecule has 0 unspecified atom stereocenters. The number of carbonyl (C=O) groups is 1. The first-order chi connectivity index (χ1) is 10.0. The molecule has 0 spiro atoms. The van der Waals surface area contributed by atoms with E-state index in [1.807, 2.05) is 19.0 Å². The summed E-state index contributed by atoms with van der Waals surface area (Å²) in [6.07, 6.45) is 0. The van der Waals surface area contributed by atoms with Gasteiger partial charge in [-0.2, -0.15) is 4.39 Å². The third-order valence-corrected chi connectivity index (χ3v) is 3.07. The highest BCUT2D eigenvalue weighted by atomic mass is 19.2. The quantitative estimate of drug-likeness (QED) is 0.619. The number of hydrogen-bond donors (Lipinski definition) is 0. The zero-order valence-corrected chi connectivity index (χ0v) is 11.8. The maximum atomic E-state index is 14.1. The SMILES string of the molecule is CN(C)c1ccc(/C(F)=C(\F)C(=O)c2ccccc2)cc1. The van der Waals surface area contributed by atoms with Crippen molar-refractivity contribution in [3.05, 3.63) is 71.6 Å². The Morgan fingerprint density at radius 3 is 1.95 bits per heavy atom. The molecule has 0 bridgehead atoms. The van der Waals surface area contributed by atoms with Gasteiger partial charge in [0.15, 0.2) is 5.83 Å². The highest BCUT2D eigenvalue weighted by Gasteiger charge is 2.18. The number of carbonyl (C=O) groups excluding carboxylic acids is 1. The molecule has 2 aromatic rings. The Labute approximate surface area is 122 Å². The third kappa shape index (κ3) is 3.34. The van der Waals surface area contributed by atoms with Gasteiger partial charge in [0.05, 0.1) is 0 Å². The number of rotatable bonds is 4. The van der Waals surface area contributed by atoms with Crippen LogP contribution in [-0.4, -0.2) is 19.9 Å². The first-order valence-electron chi connectivity index (χ1n) is 6.43. The van der Waals surface area contributed by atoms with E-state index in [-0.39, 0.29) is 11.1 Å². The van der Waals surface area contributed by atoms with Gasteiger partial charge in [0.1, 0.15) is 0 Å². The molecule has 0 aliphatic rings. The van der Waals surface area contributed by atoms with Crippen LogP contribution in [0.4, 0.5) is 14.5 Å². The van der Waals surface area contributed by atoms with E-state index < -0.39 is 17.4 Å². The lowest BCUT2D eigenvalue weighted by molar-refractivity contribution is 0.100. The summed E-state index contributed by atoms with van der Waals surface area (Å²) in [5, 5.41) is 0. The van der Waals surface area contributed by atoms with E-state index in [1.54, 1.807) is 30.3 Å². The molecule has 0 saturated heterocycles. The highest BCUT2D eigenvalue weighted by Crippen LogP contribution is 2.25. The standard InChI is InChI=1S/C17H15F2NO/c1-20(2)14-10-8-12(9-11-14)15(18)16(19)17(21)13-6-4-3-5-7-13/h3-11H,1-2H3/b16-15+. The lowest BCUT2D eigenvalue weighted by Gasteiger charge is -2.12. The zero-order valence-electron chi connectivity index (χ0n) is 11.8. The van der Waals surface area contributed by atoms with Gasteiger partial charge in [-0.3, -0.25) is 4.79 Å². The molecular formula is C17H15F2NO. The largest absolute Gasteiger partial charge is 0.378 e. The van der Waals surface area contributed by atoms with Crippen molar-refractivity contribution < 1.29 is 13.6 Å². The molecule has 0 aromatic heterocycles. The number of allylic oxidation sites excluding steroid dienone is 1. The fourth-order valence-corrected chi connectivity index (χ4v) is 1.85. The van der Waals surface area contributed by atoms with Crippen molar-refractivity contribution in [3.63, 3.8) is 0 Å². The van der Waals surface area contributed by atoms with E-state index in [0.717, 1.165) is 5.69 Å². The normalized spacial score (nSPS) is 11.8. The molecule has 0 fully saturated rings. The zero-order chi connectivity index (χ0) is 15.4. The lowest BCUT2D eigenvalue weighted by Crippen LogP contribution is -2.08. The Morgan fingerprint density at radius 1 is 0.857 bits per heavy atom. The van der Waals surface area contributed by atoms with Crippen molar-refractivity contribution in [1.29, 1.82) is 0 Å². The molecule has 2 rings (SSSR count). The Bertz CT molecular complexity index is 661. The molecule has 0 radical (unpaired) electrons. The molecule has 2 nitrogen and oxygen atoms in total. The van der Waals surface area contributed by atoms with Crippen molar-refractivity contribution in [1.82, 2.24) is 0 Å². The van der Waals surface area contributed by atoms with E-state index in [0.29, 0.717) is 0 Å². The summed E-state index contributed by atoms with van der Waals surface area (Å²) >= 11 is 0. The fourth-order valence-electron chi connectivity index (χ4n) is 1.85. The number of hydrogen-bond acceptors (Lipinski definition) is 2. The van der Waals surface area contributed by atoms with E-state index in [2.05, 4.69) is 0 Å². The van der Waals surface area contributed by atoms with Crippen LogP contribution in [0, 0.1) is 0 Å². The summed E-state index contributed by atoms with van der Waals surface area (Å²) in [7, 11) is 3.70. The highest BCUT2D eigenvalue weighted by molar-refractivity contribution is 6.10. The molecule has 0 N–H and O–H groups in total. The van der Waals surface area contributed by atoms with Gasteiger partial charge in [0.2, 0.25) is 11.6 Å². The third-order valence-electron chi connectivity index (χ3n) is 3.07. The van der Waals surface area contributed by atoms with Crippen LogP contribution < -0.4 is 4.90 Å². The van der Waals surface area contributed by atoms with Gasteiger partial charge in [-0.05, 0) is 24.3 Å². The van der Waals surface area contributed by atoms with E-state index in [4.69, 9.17) is 0 Å². The lowest BCUT2D eigenvalue weighted by atomic mass is 10.1. The number of Topliss-reactive ketones (excluding diaryl/α,β-unsaturated/α-hetero) is 1. The van der Waals surface area contributed by atoms with Crippen molar-refractivity contribution >= 4 is 17.3 Å². The van der Waals surface area contributed by atoms with Gasteiger partial charge < -0.3 is 4.90 Å². The van der Waals surface area contributed by atoms with Crippen LogP contribution in [0.1, 0.15) is 15.9 Å². The number of nitrogens with zero attached hydrogens (tertiary/aromatic N) is 1. The molecule has 4 heteroatoms. The second kappa shape index (κ2) is 6.31. The summed E-state index contributed by atoms with van der Waals surface area (Å²) < 4.78 is 28.0. The van der Waals surface area contributed by atoms with Gasteiger partial charge in [0.25, 0.3) is 0 Å². The van der Waals surface area contributed by atoms with Gasteiger partial charge in [-0.15, -0.1) is 0 Å². The average molecular weight is 287 g/mol. The van der Waals surface area contributed by atoms with Crippen LogP contribution in [-0.2, 0) is 0 Å². The molecule has 21 heavy (non-hydrogen) atoms. The maximum absolute atomic E-state index is 14.1. The molecule has 0 saturated carbocycles. The summed E-state index contributed by atoms with van der Waals surface area (Å²) in [6.45, 7) is 0. The molecule has 0 aliphatic carbocycles. The van der Waals surface area contributed by atoms with Crippen molar-refractivity contribution in [2.75, 3.05) is 19.0 Å². The van der Waals surface area contributed by atoms with Crippen molar-refractivity contribution in [2.45, 2.75) is 0 Å². The minimum atomic E-state index is -1.38. The maximum Gasteiger partial charge on any atom is 0.224 e. The summed E-state index contributed by atoms with van der Waals surface area (Å²) in [6, 6.07) is 14.0. The first kappa shape index (κ1) is 14.9. The van der Waals surface area contributed by atoms with Gasteiger partial charge >= 0.3 is 0 Å². The monoisotopic (exact) mass is 287 g/mol. The minimum absolute atomic E-state index is 0.0439. The van der Waals surface area contributed by atoms with Crippen LogP contribution in [0.3, 0.4) is 0 Å². The van der Waals surface area contributed by atoms with Crippen LogP contribution in [0.25, 0.3) is 5.83 Å².